The van der Waals surface area contributed by atoms with Crippen LogP contribution in [0.5, 0.6) is 0 Å². The van der Waals surface area contributed by atoms with Crippen molar-refractivity contribution in [1.29, 1.82) is 0 Å². The van der Waals surface area contributed by atoms with Crippen molar-refractivity contribution in [2.24, 2.45) is 0 Å². The molecule has 2 rings (SSSR count). The Morgan fingerprint density at radius 3 is 2.85 bits per heavy atom. The summed E-state index contributed by atoms with van der Waals surface area (Å²) in [6.07, 6.45) is 2.17. The first-order chi connectivity index (χ1) is 9.70. The van der Waals surface area contributed by atoms with Crippen molar-refractivity contribution in [3.05, 3.63) is 35.4 Å². The predicted molar refractivity (Wildman–Crippen MR) is 76.3 cm³/mol. The van der Waals surface area contributed by atoms with Crippen LogP contribution < -0.4 is 5.32 Å². The summed E-state index contributed by atoms with van der Waals surface area (Å²) in [6, 6.07) is 7.03. The van der Waals surface area contributed by atoms with Crippen LogP contribution in [0.4, 0.5) is 0 Å². The highest BCUT2D eigenvalue weighted by atomic mass is 16.5. The Morgan fingerprint density at radius 1 is 1.50 bits per heavy atom. The summed E-state index contributed by atoms with van der Waals surface area (Å²) < 4.78 is 5.56. The molecule has 2 N–H and O–H groups in total. The van der Waals surface area contributed by atoms with E-state index in [4.69, 9.17) is 9.84 Å². The zero-order chi connectivity index (χ0) is 14.4. The van der Waals surface area contributed by atoms with E-state index in [2.05, 4.69) is 17.2 Å². The molecule has 106 valence electrons. The number of hydrogen-bond donors (Lipinski definition) is 2. The van der Waals surface area contributed by atoms with E-state index in [1.807, 2.05) is 6.92 Å². The minimum atomic E-state index is -0.166. The van der Waals surface area contributed by atoms with Crippen LogP contribution in [0, 0.1) is 11.8 Å². The summed E-state index contributed by atoms with van der Waals surface area (Å²) in [6.45, 7) is 2.58. The monoisotopic (exact) mass is 273 g/mol. The fourth-order valence-electron chi connectivity index (χ4n) is 2.23. The molecule has 4 nitrogen and oxygen atoms in total. The summed E-state index contributed by atoms with van der Waals surface area (Å²) in [4.78, 5) is 12.1. The lowest BCUT2D eigenvalue weighted by Crippen LogP contribution is -2.40. The smallest absolute Gasteiger partial charge is 0.251 e. The second kappa shape index (κ2) is 7.09. The number of ether oxygens (including phenoxy) is 1. The fraction of sp³-hybridized carbons (Fsp3) is 0.438. The van der Waals surface area contributed by atoms with E-state index in [1.54, 1.807) is 24.3 Å². The Morgan fingerprint density at radius 2 is 2.25 bits per heavy atom. The molecule has 1 aliphatic rings. The molecule has 2 unspecified atom stereocenters. The zero-order valence-corrected chi connectivity index (χ0v) is 11.6. The first-order valence-corrected chi connectivity index (χ1v) is 6.83. The average molecular weight is 273 g/mol. The largest absolute Gasteiger partial charge is 0.384 e. The van der Waals surface area contributed by atoms with Crippen LogP contribution in [0.1, 0.15) is 35.7 Å². The average Bonchev–Trinajstić information content (AvgIpc) is 3.00. The van der Waals surface area contributed by atoms with Gasteiger partial charge in [0.2, 0.25) is 0 Å². The van der Waals surface area contributed by atoms with Crippen LogP contribution in [0.2, 0.25) is 0 Å². The van der Waals surface area contributed by atoms with Gasteiger partial charge in [0.1, 0.15) is 6.61 Å². The molecule has 2 atom stereocenters. The molecular formula is C16H19NO3. The SMILES string of the molecule is CC(NC(=O)c1ccc(C#CCO)cc1)C1CCCO1. The number of nitrogens with one attached hydrogen (secondary N) is 1. The minimum absolute atomic E-state index is 0.0128. The summed E-state index contributed by atoms with van der Waals surface area (Å²) in [5, 5.41) is 11.6. The van der Waals surface area contributed by atoms with E-state index >= 15 is 0 Å². The van der Waals surface area contributed by atoms with Gasteiger partial charge in [0.05, 0.1) is 12.1 Å². The van der Waals surface area contributed by atoms with Crippen LogP contribution in [0.3, 0.4) is 0 Å². The maximum Gasteiger partial charge on any atom is 0.251 e. The molecule has 0 aliphatic carbocycles. The molecule has 1 heterocycles. The summed E-state index contributed by atoms with van der Waals surface area (Å²) in [5.41, 5.74) is 1.38. The van der Waals surface area contributed by atoms with Crippen molar-refractivity contribution in [3.8, 4) is 11.8 Å². The maximum absolute atomic E-state index is 12.1. The van der Waals surface area contributed by atoms with Gasteiger partial charge in [-0.05, 0) is 44.0 Å². The summed E-state index contributed by atoms with van der Waals surface area (Å²) >= 11 is 0. The Balaban J connectivity index is 1.94. The van der Waals surface area contributed by atoms with E-state index in [1.165, 1.54) is 0 Å². The van der Waals surface area contributed by atoms with Gasteiger partial charge in [-0.25, -0.2) is 0 Å². The first kappa shape index (κ1) is 14.6. The third kappa shape index (κ3) is 3.83. The van der Waals surface area contributed by atoms with Crippen LogP contribution in [-0.4, -0.2) is 36.4 Å². The fourth-order valence-corrected chi connectivity index (χ4v) is 2.23. The van der Waals surface area contributed by atoms with E-state index in [0.29, 0.717) is 5.56 Å². The topological polar surface area (TPSA) is 58.6 Å². The quantitative estimate of drug-likeness (QED) is 0.817. The lowest BCUT2D eigenvalue weighted by molar-refractivity contribution is 0.0712. The molecule has 1 amide bonds. The number of aliphatic hydroxyl groups is 1. The van der Waals surface area contributed by atoms with E-state index in [9.17, 15) is 4.79 Å². The molecule has 0 spiro atoms. The number of carbonyl (C=O) groups excluding carboxylic acids is 1. The van der Waals surface area contributed by atoms with Gasteiger partial charge in [0, 0.05) is 17.7 Å². The standard InChI is InChI=1S/C16H19NO3/c1-12(15-5-3-11-20-15)17-16(19)14-8-6-13(7-9-14)4-2-10-18/h6-9,12,15,18H,3,5,10-11H2,1H3,(H,17,19). The van der Waals surface area contributed by atoms with Crippen molar-refractivity contribution in [2.75, 3.05) is 13.2 Å². The molecule has 4 heteroatoms. The van der Waals surface area contributed by atoms with Crippen molar-refractivity contribution in [2.45, 2.75) is 31.9 Å². The minimum Gasteiger partial charge on any atom is -0.384 e. The second-order valence-electron chi connectivity index (χ2n) is 4.85. The van der Waals surface area contributed by atoms with Crippen LogP contribution in [0.25, 0.3) is 0 Å². The van der Waals surface area contributed by atoms with Crippen molar-refractivity contribution in [3.63, 3.8) is 0 Å². The second-order valence-corrected chi connectivity index (χ2v) is 4.85. The van der Waals surface area contributed by atoms with E-state index in [-0.39, 0.29) is 24.7 Å². The van der Waals surface area contributed by atoms with Gasteiger partial charge in [-0.15, -0.1) is 0 Å². The number of rotatable bonds is 3. The molecule has 0 radical (unpaired) electrons. The van der Waals surface area contributed by atoms with Gasteiger partial charge in [-0.2, -0.15) is 0 Å². The van der Waals surface area contributed by atoms with Crippen molar-refractivity contribution < 1.29 is 14.6 Å². The third-order valence-corrected chi connectivity index (χ3v) is 3.34. The third-order valence-electron chi connectivity index (χ3n) is 3.34. The predicted octanol–water partition coefficient (Wildman–Crippen LogP) is 1.33. The maximum atomic E-state index is 12.1. The number of hydrogen-bond acceptors (Lipinski definition) is 3. The lowest BCUT2D eigenvalue weighted by Gasteiger charge is -2.19. The molecule has 0 saturated carbocycles. The molecule has 0 aromatic heterocycles. The van der Waals surface area contributed by atoms with Gasteiger partial charge < -0.3 is 15.2 Å². The Bertz CT molecular complexity index is 507. The Kier molecular flexibility index (Phi) is 5.16. The normalized spacial score (nSPS) is 19.0. The number of amides is 1. The number of benzene rings is 1. The zero-order valence-electron chi connectivity index (χ0n) is 11.6. The molecule has 20 heavy (non-hydrogen) atoms. The number of carbonyl (C=O) groups is 1. The van der Waals surface area contributed by atoms with Gasteiger partial charge in [0.25, 0.3) is 5.91 Å². The highest BCUT2D eigenvalue weighted by Gasteiger charge is 2.23. The molecule has 1 aliphatic heterocycles. The number of aliphatic hydroxyl groups excluding tert-OH is 1. The van der Waals surface area contributed by atoms with Crippen molar-refractivity contribution >= 4 is 5.91 Å². The molecule has 1 aromatic rings. The van der Waals surface area contributed by atoms with Gasteiger partial charge in [0.15, 0.2) is 0 Å². The summed E-state index contributed by atoms with van der Waals surface area (Å²) in [5.74, 6) is 5.26. The van der Waals surface area contributed by atoms with E-state index in [0.717, 1.165) is 25.0 Å². The Hall–Kier alpha value is -1.83. The Labute approximate surface area is 119 Å². The highest BCUT2D eigenvalue weighted by Crippen LogP contribution is 2.15. The van der Waals surface area contributed by atoms with Crippen LogP contribution in [0.15, 0.2) is 24.3 Å². The molecular weight excluding hydrogens is 254 g/mol. The van der Waals surface area contributed by atoms with Crippen LogP contribution >= 0.6 is 0 Å². The summed E-state index contributed by atoms with van der Waals surface area (Å²) in [7, 11) is 0. The first-order valence-electron chi connectivity index (χ1n) is 6.83. The van der Waals surface area contributed by atoms with E-state index < -0.39 is 0 Å². The van der Waals surface area contributed by atoms with Gasteiger partial charge >= 0.3 is 0 Å². The highest BCUT2D eigenvalue weighted by molar-refractivity contribution is 5.94. The molecule has 1 aromatic carbocycles. The van der Waals surface area contributed by atoms with Gasteiger partial charge in [-0.3, -0.25) is 4.79 Å². The van der Waals surface area contributed by atoms with Gasteiger partial charge in [-0.1, -0.05) is 11.8 Å². The van der Waals surface area contributed by atoms with Crippen LogP contribution in [-0.2, 0) is 4.74 Å². The lowest BCUT2D eigenvalue weighted by atomic mass is 10.1. The molecule has 1 saturated heterocycles. The molecule has 0 bridgehead atoms. The van der Waals surface area contributed by atoms with Crippen molar-refractivity contribution in [1.82, 2.24) is 5.32 Å². The molecule has 1 fully saturated rings.